The Kier molecular flexibility index (Phi) is 7.31. The maximum atomic E-state index is 13.2. The van der Waals surface area contributed by atoms with E-state index in [2.05, 4.69) is 15.5 Å². The van der Waals surface area contributed by atoms with Crippen molar-refractivity contribution in [2.75, 3.05) is 26.2 Å². The van der Waals surface area contributed by atoms with E-state index in [1.807, 2.05) is 19.2 Å². The first kappa shape index (κ1) is 22.5. The number of carbonyl (C=O) groups is 1. The van der Waals surface area contributed by atoms with Gasteiger partial charge >= 0.3 is 0 Å². The second-order valence-corrected chi connectivity index (χ2v) is 8.28. The molecule has 1 N–H and O–H groups in total. The van der Waals surface area contributed by atoms with Crippen LogP contribution in [0.25, 0.3) is 0 Å². The Morgan fingerprint density at radius 3 is 2.67 bits per heavy atom. The van der Waals surface area contributed by atoms with Gasteiger partial charge in [0.15, 0.2) is 5.82 Å². The minimum atomic E-state index is -0.170. The normalized spacial score (nSPS) is 20.1. The van der Waals surface area contributed by atoms with E-state index in [4.69, 9.17) is 4.52 Å². The minimum Gasteiger partial charge on any atom is -0.340 e. The quantitative estimate of drug-likeness (QED) is 0.791. The zero-order valence-corrected chi connectivity index (χ0v) is 18.4. The molecule has 164 valence electrons. The van der Waals surface area contributed by atoms with Crippen molar-refractivity contribution in [2.24, 2.45) is 5.92 Å². The summed E-state index contributed by atoms with van der Waals surface area (Å²) in [6.45, 7) is 7.44. The molecule has 0 spiro atoms. The molecular weight excluding hydrogens is 406 g/mol. The summed E-state index contributed by atoms with van der Waals surface area (Å²) in [4.78, 5) is 32.4. The van der Waals surface area contributed by atoms with Gasteiger partial charge in [-0.15, -0.1) is 12.4 Å². The van der Waals surface area contributed by atoms with Gasteiger partial charge in [0.25, 0.3) is 11.5 Å². The summed E-state index contributed by atoms with van der Waals surface area (Å²) in [6, 6.07) is 1.89. The van der Waals surface area contributed by atoms with Gasteiger partial charge in [0.1, 0.15) is 5.56 Å². The number of likely N-dealkylation sites (tertiary alicyclic amines) is 1. The summed E-state index contributed by atoms with van der Waals surface area (Å²) in [5, 5.41) is 7.40. The highest BCUT2D eigenvalue weighted by Gasteiger charge is 2.29. The van der Waals surface area contributed by atoms with Crippen LogP contribution >= 0.6 is 12.4 Å². The number of amides is 1. The van der Waals surface area contributed by atoms with Gasteiger partial charge in [-0.05, 0) is 63.2 Å². The summed E-state index contributed by atoms with van der Waals surface area (Å²) in [7, 11) is 0. The van der Waals surface area contributed by atoms with Crippen molar-refractivity contribution in [3.8, 4) is 0 Å². The number of piperidine rings is 2. The fraction of sp³-hybridized carbons (Fsp3) is 0.619. The average Bonchev–Trinajstić information content (AvgIpc) is 3.17. The zero-order chi connectivity index (χ0) is 20.4. The van der Waals surface area contributed by atoms with Crippen molar-refractivity contribution in [1.82, 2.24) is 24.9 Å². The lowest BCUT2D eigenvalue weighted by Crippen LogP contribution is -2.42. The molecule has 2 fully saturated rings. The second kappa shape index (κ2) is 9.75. The molecule has 1 unspecified atom stereocenters. The first-order chi connectivity index (χ1) is 14.0. The number of aromatic nitrogens is 3. The largest absolute Gasteiger partial charge is 0.340 e. The molecule has 0 aromatic carbocycles. The number of aryl methyl sites for hydroxylation is 2. The Labute approximate surface area is 182 Å². The third kappa shape index (κ3) is 4.75. The maximum Gasteiger partial charge on any atom is 0.263 e. The second-order valence-electron chi connectivity index (χ2n) is 8.28. The number of hydrogen-bond acceptors (Lipinski definition) is 6. The highest BCUT2D eigenvalue weighted by molar-refractivity contribution is 5.95. The molecule has 2 aromatic heterocycles. The van der Waals surface area contributed by atoms with E-state index in [0.29, 0.717) is 42.8 Å². The highest BCUT2D eigenvalue weighted by Crippen LogP contribution is 2.26. The fourth-order valence-electron chi connectivity index (χ4n) is 4.41. The van der Waals surface area contributed by atoms with Crippen molar-refractivity contribution in [3.63, 3.8) is 0 Å². The molecule has 1 amide bonds. The number of halogens is 1. The molecule has 8 nitrogen and oxygen atoms in total. The van der Waals surface area contributed by atoms with Crippen LogP contribution in [0, 0.1) is 19.8 Å². The van der Waals surface area contributed by atoms with Gasteiger partial charge in [0, 0.05) is 38.7 Å². The number of pyridine rings is 1. The predicted octanol–water partition coefficient (Wildman–Crippen LogP) is 2.29. The van der Waals surface area contributed by atoms with E-state index in [1.54, 1.807) is 16.4 Å². The molecule has 9 heteroatoms. The topological polar surface area (TPSA) is 93.3 Å². The van der Waals surface area contributed by atoms with Gasteiger partial charge in [-0.3, -0.25) is 9.59 Å². The number of hydrogen-bond donors (Lipinski definition) is 1. The first-order valence-electron chi connectivity index (χ1n) is 10.5. The SMILES string of the molecule is Cc1nc(C2CCN(C(=O)c3c(C)ccn(CC4CCCNC4)c3=O)CC2)no1.Cl. The van der Waals surface area contributed by atoms with Gasteiger partial charge < -0.3 is 19.3 Å². The molecule has 1 atom stereocenters. The molecule has 0 radical (unpaired) electrons. The Morgan fingerprint density at radius 1 is 1.27 bits per heavy atom. The van der Waals surface area contributed by atoms with Gasteiger partial charge in [-0.1, -0.05) is 5.16 Å². The van der Waals surface area contributed by atoms with E-state index >= 15 is 0 Å². The predicted molar refractivity (Wildman–Crippen MR) is 115 cm³/mol. The molecular formula is C21H30ClN5O3. The number of nitrogens with zero attached hydrogens (tertiary/aromatic N) is 4. The van der Waals surface area contributed by atoms with Crippen molar-refractivity contribution in [1.29, 1.82) is 0 Å². The minimum absolute atomic E-state index is 0. The summed E-state index contributed by atoms with van der Waals surface area (Å²) in [6.07, 6.45) is 5.62. The summed E-state index contributed by atoms with van der Waals surface area (Å²) in [5.74, 6) is 1.75. The zero-order valence-electron chi connectivity index (χ0n) is 17.6. The molecule has 2 aliphatic rings. The fourth-order valence-corrected chi connectivity index (χ4v) is 4.41. The van der Waals surface area contributed by atoms with Crippen molar-refractivity contribution in [2.45, 2.75) is 52.0 Å². The van der Waals surface area contributed by atoms with Crippen LogP contribution < -0.4 is 10.9 Å². The Morgan fingerprint density at radius 2 is 2.03 bits per heavy atom. The first-order valence-corrected chi connectivity index (χ1v) is 10.5. The smallest absolute Gasteiger partial charge is 0.263 e. The van der Waals surface area contributed by atoms with Gasteiger partial charge in [-0.2, -0.15) is 4.98 Å². The summed E-state index contributed by atoms with van der Waals surface area (Å²) >= 11 is 0. The molecule has 30 heavy (non-hydrogen) atoms. The summed E-state index contributed by atoms with van der Waals surface area (Å²) < 4.78 is 6.79. The van der Waals surface area contributed by atoms with Crippen LogP contribution in [0.2, 0.25) is 0 Å². The van der Waals surface area contributed by atoms with Crippen molar-refractivity contribution >= 4 is 18.3 Å². The van der Waals surface area contributed by atoms with Crippen LogP contribution in [0.4, 0.5) is 0 Å². The monoisotopic (exact) mass is 435 g/mol. The van der Waals surface area contributed by atoms with Crippen molar-refractivity contribution < 1.29 is 9.32 Å². The lowest BCUT2D eigenvalue weighted by atomic mass is 9.95. The van der Waals surface area contributed by atoms with Crippen LogP contribution in [-0.4, -0.2) is 51.7 Å². The lowest BCUT2D eigenvalue weighted by molar-refractivity contribution is 0.0707. The Bertz CT molecular complexity index is 927. The Balaban J connectivity index is 0.00000256. The van der Waals surface area contributed by atoms with Crippen LogP contribution in [0.3, 0.4) is 0 Å². The molecule has 4 heterocycles. The van der Waals surface area contributed by atoms with E-state index in [1.165, 1.54) is 0 Å². The maximum absolute atomic E-state index is 13.2. The molecule has 4 rings (SSSR count). The summed E-state index contributed by atoms with van der Waals surface area (Å²) in [5.41, 5.74) is 0.885. The van der Waals surface area contributed by atoms with E-state index in [9.17, 15) is 9.59 Å². The molecule has 2 aliphatic heterocycles. The standard InChI is InChI=1S/C21H29N5O3.ClH/c1-14-5-9-26(13-16-4-3-8-22-12-16)21(28)18(14)20(27)25-10-6-17(7-11-25)19-23-15(2)29-24-19;/h5,9,16-17,22H,3-4,6-8,10-13H2,1-2H3;1H. The van der Waals surface area contributed by atoms with Crippen LogP contribution in [0.5, 0.6) is 0 Å². The Hall–Kier alpha value is -2.19. The van der Waals surface area contributed by atoms with Crippen molar-refractivity contribution in [3.05, 3.63) is 45.5 Å². The van der Waals surface area contributed by atoms with E-state index in [-0.39, 0.29) is 29.8 Å². The lowest BCUT2D eigenvalue weighted by Gasteiger charge is -2.31. The third-order valence-corrected chi connectivity index (χ3v) is 6.13. The van der Waals surface area contributed by atoms with Crippen LogP contribution in [0.1, 0.15) is 59.2 Å². The molecule has 0 aliphatic carbocycles. The molecule has 0 saturated carbocycles. The van der Waals surface area contributed by atoms with Gasteiger partial charge in [-0.25, -0.2) is 0 Å². The number of rotatable bonds is 4. The number of carbonyl (C=O) groups excluding carboxylic acids is 1. The number of nitrogens with one attached hydrogen (secondary N) is 1. The van der Waals surface area contributed by atoms with E-state index in [0.717, 1.165) is 44.3 Å². The molecule has 2 saturated heterocycles. The highest BCUT2D eigenvalue weighted by atomic mass is 35.5. The van der Waals surface area contributed by atoms with Crippen LogP contribution in [-0.2, 0) is 6.54 Å². The molecule has 2 aromatic rings. The van der Waals surface area contributed by atoms with Gasteiger partial charge in [0.2, 0.25) is 5.89 Å². The average molecular weight is 436 g/mol. The van der Waals surface area contributed by atoms with Gasteiger partial charge in [0.05, 0.1) is 0 Å². The molecule has 0 bridgehead atoms. The van der Waals surface area contributed by atoms with Crippen LogP contribution in [0.15, 0.2) is 21.6 Å². The third-order valence-electron chi connectivity index (χ3n) is 6.13. The van der Waals surface area contributed by atoms with E-state index < -0.39 is 0 Å².